The Hall–Kier alpha value is -1.69. The Morgan fingerprint density at radius 1 is 1.00 bits per heavy atom. The smallest absolute Gasteiger partial charge is 0.238 e. The number of primary sulfonamides is 1. The third kappa shape index (κ3) is 5.46. The van der Waals surface area contributed by atoms with Crippen LogP contribution >= 0.6 is 0 Å². The lowest BCUT2D eigenvalue weighted by Crippen LogP contribution is -2.29. The molecule has 0 fully saturated rings. The number of aryl methyl sites for hydroxylation is 1. The van der Waals surface area contributed by atoms with Gasteiger partial charge in [-0.25, -0.2) is 13.6 Å². The predicted octanol–water partition coefficient (Wildman–Crippen LogP) is 3.01. The van der Waals surface area contributed by atoms with Crippen molar-refractivity contribution < 1.29 is 8.42 Å². The maximum Gasteiger partial charge on any atom is 0.238 e. The summed E-state index contributed by atoms with van der Waals surface area (Å²) >= 11 is 0. The highest BCUT2D eigenvalue weighted by molar-refractivity contribution is 7.89. The number of nitrogens with one attached hydrogen (secondary N) is 1. The molecule has 124 valence electrons. The maximum absolute atomic E-state index is 11.2. The van der Waals surface area contributed by atoms with Crippen molar-refractivity contribution in [3.05, 3.63) is 65.7 Å². The molecule has 0 aliphatic heterocycles. The molecular formula is C18H24N2O2S. The van der Waals surface area contributed by atoms with Gasteiger partial charge in [-0.05, 0) is 49.9 Å². The first-order valence-electron chi connectivity index (χ1n) is 7.79. The summed E-state index contributed by atoms with van der Waals surface area (Å²) < 4.78 is 22.5. The van der Waals surface area contributed by atoms with Crippen LogP contribution in [-0.2, 0) is 16.4 Å². The summed E-state index contributed by atoms with van der Waals surface area (Å²) in [6, 6.07) is 17.8. The van der Waals surface area contributed by atoms with Crippen molar-refractivity contribution in [2.45, 2.75) is 43.7 Å². The molecule has 23 heavy (non-hydrogen) atoms. The second-order valence-electron chi connectivity index (χ2n) is 5.93. The topological polar surface area (TPSA) is 72.2 Å². The average molecular weight is 332 g/mol. The molecule has 0 aliphatic carbocycles. The molecule has 5 heteroatoms. The van der Waals surface area contributed by atoms with E-state index in [0.29, 0.717) is 12.1 Å². The lowest BCUT2D eigenvalue weighted by molar-refractivity contribution is 0.456. The van der Waals surface area contributed by atoms with E-state index in [1.807, 2.05) is 30.3 Å². The number of nitrogens with two attached hydrogens (primary N) is 1. The van der Waals surface area contributed by atoms with Gasteiger partial charge in [-0.3, -0.25) is 0 Å². The van der Waals surface area contributed by atoms with Gasteiger partial charge in [0.05, 0.1) is 4.90 Å². The van der Waals surface area contributed by atoms with Gasteiger partial charge in [-0.1, -0.05) is 42.5 Å². The Morgan fingerprint density at radius 2 is 1.61 bits per heavy atom. The lowest BCUT2D eigenvalue weighted by Gasteiger charge is -2.20. The molecule has 0 aliphatic rings. The van der Waals surface area contributed by atoms with Crippen LogP contribution in [0, 0.1) is 0 Å². The molecule has 0 saturated carbocycles. The Morgan fingerprint density at radius 3 is 2.17 bits per heavy atom. The van der Waals surface area contributed by atoms with E-state index in [1.54, 1.807) is 12.1 Å². The second kappa shape index (κ2) is 7.73. The third-order valence-corrected chi connectivity index (χ3v) is 4.88. The number of hydrogen-bond acceptors (Lipinski definition) is 3. The highest BCUT2D eigenvalue weighted by Gasteiger charge is 2.10. The van der Waals surface area contributed by atoms with Crippen LogP contribution in [0.5, 0.6) is 0 Å². The van der Waals surface area contributed by atoms with Crippen molar-refractivity contribution in [1.82, 2.24) is 5.32 Å². The zero-order valence-corrected chi connectivity index (χ0v) is 14.4. The second-order valence-corrected chi connectivity index (χ2v) is 7.49. The summed E-state index contributed by atoms with van der Waals surface area (Å²) in [6.45, 7) is 4.32. The SMILES string of the molecule is CC(CCc1ccc(S(N)(=O)=O)cc1)N[C@@H](C)c1ccccc1. The van der Waals surface area contributed by atoms with E-state index in [0.717, 1.165) is 18.4 Å². The molecule has 0 saturated heterocycles. The Kier molecular flexibility index (Phi) is 5.93. The minimum atomic E-state index is -3.61. The average Bonchev–Trinajstić information content (AvgIpc) is 2.53. The summed E-state index contributed by atoms with van der Waals surface area (Å²) in [5.41, 5.74) is 2.38. The van der Waals surface area contributed by atoms with Crippen LogP contribution in [0.2, 0.25) is 0 Å². The molecule has 2 aromatic rings. The highest BCUT2D eigenvalue weighted by atomic mass is 32.2. The Balaban J connectivity index is 1.86. The van der Waals surface area contributed by atoms with Crippen molar-refractivity contribution >= 4 is 10.0 Å². The summed E-state index contributed by atoms with van der Waals surface area (Å²) in [4.78, 5) is 0.158. The van der Waals surface area contributed by atoms with Gasteiger partial charge in [-0.15, -0.1) is 0 Å². The summed E-state index contributed by atoms with van der Waals surface area (Å²) in [5, 5.41) is 8.69. The van der Waals surface area contributed by atoms with Gasteiger partial charge in [0, 0.05) is 12.1 Å². The summed E-state index contributed by atoms with van der Waals surface area (Å²) in [5.74, 6) is 0. The van der Waals surface area contributed by atoms with Gasteiger partial charge < -0.3 is 5.32 Å². The summed E-state index contributed by atoms with van der Waals surface area (Å²) in [6.07, 6.45) is 1.87. The summed E-state index contributed by atoms with van der Waals surface area (Å²) in [7, 11) is -3.61. The van der Waals surface area contributed by atoms with Crippen molar-refractivity contribution in [1.29, 1.82) is 0 Å². The molecule has 1 unspecified atom stereocenters. The van der Waals surface area contributed by atoms with E-state index < -0.39 is 10.0 Å². The van der Waals surface area contributed by atoms with Crippen molar-refractivity contribution in [3.8, 4) is 0 Å². The number of hydrogen-bond donors (Lipinski definition) is 2. The fourth-order valence-electron chi connectivity index (χ4n) is 2.58. The van der Waals surface area contributed by atoms with Gasteiger partial charge >= 0.3 is 0 Å². The van der Waals surface area contributed by atoms with Crippen LogP contribution in [0.25, 0.3) is 0 Å². The Bertz CT molecular complexity index is 712. The van der Waals surface area contributed by atoms with Crippen LogP contribution in [-0.4, -0.2) is 14.5 Å². The van der Waals surface area contributed by atoms with Crippen molar-refractivity contribution in [2.75, 3.05) is 0 Å². The molecule has 4 nitrogen and oxygen atoms in total. The van der Waals surface area contributed by atoms with E-state index in [4.69, 9.17) is 5.14 Å². The van der Waals surface area contributed by atoms with Gasteiger partial charge in [0.15, 0.2) is 0 Å². The molecule has 3 N–H and O–H groups in total. The first kappa shape index (κ1) is 17.7. The molecule has 2 atom stereocenters. The number of rotatable bonds is 7. The molecule has 0 aromatic heterocycles. The van der Waals surface area contributed by atoms with E-state index in [1.165, 1.54) is 5.56 Å². The highest BCUT2D eigenvalue weighted by Crippen LogP contribution is 2.15. The van der Waals surface area contributed by atoms with E-state index >= 15 is 0 Å². The fraction of sp³-hybridized carbons (Fsp3) is 0.333. The van der Waals surface area contributed by atoms with Gasteiger partial charge in [0.2, 0.25) is 10.0 Å². The molecule has 0 amide bonds. The van der Waals surface area contributed by atoms with Crippen molar-refractivity contribution in [3.63, 3.8) is 0 Å². The van der Waals surface area contributed by atoms with E-state index in [2.05, 4.69) is 31.3 Å². The van der Waals surface area contributed by atoms with Crippen LogP contribution < -0.4 is 10.5 Å². The van der Waals surface area contributed by atoms with Crippen LogP contribution in [0.15, 0.2) is 59.5 Å². The minimum Gasteiger partial charge on any atom is -0.308 e. The molecule has 0 spiro atoms. The lowest BCUT2D eigenvalue weighted by atomic mass is 10.0. The zero-order chi connectivity index (χ0) is 16.9. The fourth-order valence-corrected chi connectivity index (χ4v) is 3.09. The quantitative estimate of drug-likeness (QED) is 0.818. The minimum absolute atomic E-state index is 0.158. The van der Waals surface area contributed by atoms with E-state index in [-0.39, 0.29) is 4.90 Å². The van der Waals surface area contributed by atoms with Gasteiger partial charge in [0.25, 0.3) is 0 Å². The van der Waals surface area contributed by atoms with Crippen LogP contribution in [0.4, 0.5) is 0 Å². The monoisotopic (exact) mass is 332 g/mol. The molecule has 2 aromatic carbocycles. The Labute approximate surface area is 138 Å². The molecular weight excluding hydrogens is 308 g/mol. The largest absolute Gasteiger partial charge is 0.308 e. The number of sulfonamides is 1. The standard InChI is InChI=1S/C18H24N2O2S/c1-14(20-15(2)17-6-4-3-5-7-17)8-9-16-10-12-18(13-11-16)23(19,21)22/h3-7,10-15,20H,8-9H2,1-2H3,(H2,19,21,22)/t14?,15-/m0/s1. The van der Waals surface area contributed by atoms with Crippen LogP contribution in [0.3, 0.4) is 0 Å². The predicted molar refractivity (Wildman–Crippen MR) is 93.6 cm³/mol. The molecule has 0 bridgehead atoms. The normalized spacial score (nSPS) is 14.4. The van der Waals surface area contributed by atoms with Crippen molar-refractivity contribution in [2.24, 2.45) is 5.14 Å². The number of benzene rings is 2. The van der Waals surface area contributed by atoms with E-state index in [9.17, 15) is 8.42 Å². The molecule has 0 radical (unpaired) electrons. The maximum atomic E-state index is 11.2. The third-order valence-electron chi connectivity index (χ3n) is 3.95. The van der Waals surface area contributed by atoms with Gasteiger partial charge in [0.1, 0.15) is 0 Å². The molecule has 0 heterocycles. The van der Waals surface area contributed by atoms with Crippen LogP contribution in [0.1, 0.15) is 37.4 Å². The zero-order valence-electron chi connectivity index (χ0n) is 13.6. The van der Waals surface area contributed by atoms with Gasteiger partial charge in [-0.2, -0.15) is 0 Å². The first-order valence-corrected chi connectivity index (χ1v) is 9.33. The molecule has 2 rings (SSSR count). The first-order chi connectivity index (χ1) is 10.9.